The fraction of sp³-hybridized carbons (Fsp3) is 0.188. The van der Waals surface area contributed by atoms with Gasteiger partial charge in [0, 0.05) is 0 Å². The Morgan fingerprint density at radius 1 is 1.00 bits per heavy atom. The van der Waals surface area contributed by atoms with Crippen LogP contribution in [0.2, 0.25) is 0 Å². The van der Waals surface area contributed by atoms with Gasteiger partial charge < -0.3 is 0 Å². The van der Waals surface area contributed by atoms with Crippen molar-refractivity contribution in [2.75, 3.05) is 0 Å². The molecule has 0 radical (unpaired) electrons. The molecule has 0 unspecified atom stereocenters. The fourth-order valence-corrected chi connectivity index (χ4v) is 3.46. The van der Waals surface area contributed by atoms with E-state index < -0.39 is 9.84 Å². The topological polar surface area (TPSA) is 57.9 Å². The van der Waals surface area contributed by atoms with E-state index in [0.29, 0.717) is 11.1 Å². The van der Waals surface area contributed by atoms with Crippen molar-refractivity contribution >= 4 is 9.84 Å². The quantitative estimate of drug-likeness (QED) is 0.867. The largest absolute Gasteiger partial charge is 0.228 e. The first kappa shape index (κ1) is 14.3. The van der Waals surface area contributed by atoms with Gasteiger partial charge in [-0.05, 0) is 30.2 Å². The van der Waals surface area contributed by atoms with Crippen molar-refractivity contribution in [3.05, 3.63) is 70.8 Å². The van der Waals surface area contributed by atoms with Crippen molar-refractivity contribution < 1.29 is 8.42 Å². The number of sulfone groups is 1. The Morgan fingerprint density at radius 3 is 2.30 bits per heavy atom. The molecule has 3 nitrogen and oxygen atoms in total. The van der Waals surface area contributed by atoms with E-state index in [1.54, 1.807) is 24.3 Å². The van der Waals surface area contributed by atoms with Gasteiger partial charge in [0.1, 0.15) is 0 Å². The first-order valence-corrected chi connectivity index (χ1v) is 8.06. The molecule has 102 valence electrons. The Kier molecular flexibility index (Phi) is 4.21. The average molecular weight is 285 g/mol. The Hall–Kier alpha value is -2.12. The highest BCUT2D eigenvalue weighted by Crippen LogP contribution is 2.14. The minimum absolute atomic E-state index is 0.0179. The number of hydrogen-bond donors (Lipinski definition) is 0. The molecule has 4 heteroatoms. The predicted octanol–water partition coefficient (Wildman–Crippen LogP) is 2.98. The van der Waals surface area contributed by atoms with Crippen LogP contribution in [-0.4, -0.2) is 8.42 Å². The summed E-state index contributed by atoms with van der Waals surface area (Å²) in [6.07, 6.45) is 0. The van der Waals surface area contributed by atoms with Gasteiger partial charge in [-0.2, -0.15) is 5.26 Å². The van der Waals surface area contributed by atoms with Crippen LogP contribution in [0.15, 0.2) is 48.5 Å². The van der Waals surface area contributed by atoms with Crippen molar-refractivity contribution in [1.82, 2.24) is 0 Å². The highest BCUT2D eigenvalue weighted by atomic mass is 32.2. The van der Waals surface area contributed by atoms with Gasteiger partial charge in [-0.25, -0.2) is 8.42 Å². The van der Waals surface area contributed by atoms with Crippen LogP contribution in [0.1, 0.15) is 22.3 Å². The summed E-state index contributed by atoms with van der Waals surface area (Å²) in [4.78, 5) is 0. The van der Waals surface area contributed by atoms with Crippen molar-refractivity contribution in [2.45, 2.75) is 18.4 Å². The maximum absolute atomic E-state index is 12.2. The van der Waals surface area contributed by atoms with Crippen LogP contribution in [0.4, 0.5) is 0 Å². The second kappa shape index (κ2) is 5.89. The molecule has 0 N–H and O–H groups in total. The number of hydrogen-bond acceptors (Lipinski definition) is 3. The van der Waals surface area contributed by atoms with E-state index in [2.05, 4.69) is 0 Å². The second-order valence-corrected chi connectivity index (χ2v) is 6.89. The number of nitriles is 1. The van der Waals surface area contributed by atoms with Gasteiger partial charge in [0.15, 0.2) is 9.84 Å². The highest BCUT2D eigenvalue weighted by molar-refractivity contribution is 7.89. The summed E-state index contributed by atoms with van der Waals surface area (Å²) in [5, 5.41) is 8.82. The van der Waals surface area contributed by atoms with E-state index in [0.717, 1.165) is 11.1 Å². The first-order valence-electron chi connectivity index (χ1n) is 6.23. The van der Waals surface area contributed by atoms with E-state index >= 15 is 0 Å². The second-order valence-electron chi connectivity index (χ2n) is 4.83. The third-order valence-corrected chi connectivity index (χ3v) is 4.50. The first-order chi connectivity index (χ1) is 9.48. The van der Waals surface area contributed by atoms with Crippen LogP contribution in [0.3, 0.4) is 0 Å². The molecule has 0 fully saturated rings. The maximum atomic E-state index is 12.2. The lowest BCUT2D eigenvalue weighted by molar-refractivity contribution is 0.594. The number of rotatable bonds is 4. The van der Waals surface area contributed by atoms with E-state index in [-0.39, 0.29) is 11.5 Å². The monoisotopic (exact) mass is 285 g/mol. The Bertz CT molecular complexity index is 741. The Balaban J connectivity index is 2.15. The molecule has 20 heavy (non-hydrogen) atoms. The van der Waals surface area contributed by atoms with E-state index in [1.165, 1.54) is 0 Å². The van der Waals surface area contributed by atoms with Crippen LogP contribution in [0.25, 0.3) is 0 Å². The van der Waals surface area contributed by atoms with Gasteiger partial charge in [0.05, 0.1) is 23.1 Å². The molecule has 0 amide bonds. The van der Waals surface area contributed by atoms with E-state index in [4.69, 9.17) is 5.26 Å². The standard InChI is InChI=1S/C16H15NO2S/c1-13-5-7-14(8-6-13)11-20(18,19)12-16-4-2-3-15(9-16)10-17/h2-9H,11-12H2,1H3. The van der Waals surface area contributed by atoms with Crippen molar-refractivity contribution in [3.63, 3.8) is 0 Å². The molecule has 0 saturated heterocycles. The SMILES string of the molecule is Cc1ccc(CS(=O)(=O)Cc2cccc(C#N)c2)cc1. The summed E-state index contributed by atoms with van der Waals surface area (Å²) in [5.74, 6) is -0.0273. The lowest BCUT2D eigenvalue weighted by Crippen LogP contribution is -2.07. The molecule has 2 aromatic rings. The summed E-state index contributed by atoms with van der Waals surface area (Å²) in [6.45, 7) is 1.96. The van der Waals surface area contributed by atoms with Crippen molar-refractivity contribution in [1.29, 1.82) is 5.26 Å². The van der Waals surface area contributed by atoms with Gasteiger partial charge in [-0.15, -0.1) is 0 Å². The molecule has 0 aliphatic heterocycles. The van der Waals surface area contributed by atoms with Crippen LogP contribution in [-0.2, 0) is 21.3 Å². The van der Waals surface area contributed by atoms with Crippen LogP contribution < -0.4 is 0 Å². The smallest absolute Gasteiger partial charge is 0.158 e. The summed E-state index contributed by atoms with van der Waals surface area (Å²) in [5.41, 5.74) is 3.02. The van der Waals surface area contributed by atoms with Crippen LogP contribution in [0, 0.1) is 18.3 Å². The molecular weight excluding hydrogens is 270 g/mol. The molecule has 0 atom stereocenters. The fourth-order valence-electron chi connectivity index (χ4n) is 1.97. The van der Waals surface area contributed by atoms with Crippen LogP contribution in [0.5, 0.6) is 0 Å². The molecule has 2 aromatic carbocycles. The van der Waals surface area contributed by atoms with Gasteiger partial charge in [0.2, 0.25) is 0 Å². The molecular formula is C16H15NO2S. The third kappa shape index (κ3) is 3.94. The minimum atomic E-state index is -3.23. The highest BCUT2D eigenvalue weighted by Gasteiger charge is 2.13. The van der Waals surface area contributed by atoms with Gasteiger partial charge in [0.25, 0.3) is 0 Å². The average Bonchev–Trinajstić information content (AvgIpc) is 2.41. The molecule has 0 spiro atoms. The predicted molar refractivity (Wildman–Crippen MR) is 78.7 cm³/mol. The summed E-state index contributed by atoms with van der Waals surface area (Å²) < 4.78 is 24.3. The lowest BCUT2D eigenvalue weighted by atomic mass is 10.2. The number of aryl methyl sites for hydroxylation is 1. The van der Waals surface area contributed by atoms with E-state index in [1.807, 2.05) is 37.3 Å². The van der Waals surface area contributed by atoms with E-state index in [9.17, 15) is 8.42 Å². The summed E-state index contributed by atoms with van der Waals surface area (Å²) in [6, 6.07) is 16.2. The molecule has 0 saturated carbocycles. The van der Waals surface area contributed by atoms with Crippen molar-refractivity contribution in [3.8, 4) is 6.07 Å². The third-order valence-electron chi connectivity index (χ3n) is 2.95. The molecule has 0 aliphatic rings. The normalized spacial score (nSPS) is 11.0. The van der Waals surface area contributed by atoms with Gasteiger partial charge in [-0.3, -0.25) is 0 Å². The minimum Gasteiger partial charge on any atom is -0.228 e. The maximum Gasteiger partial charge on any atom is 0.158 e. The van der Waals surface area contributed by atoms with Crippen molar-refractivity contribution in [2.24, 2.45) is 0 Å². The summed E-state index contributed by atoms with van der Waals surface area (Å²) in [7, 11) is -3.23. The molecule has 0 aromatic heterocycles. The summed E-state index contributed by atoms with van der Waals surface area (Å²) >= 11 is 0. The zero-order valence-corrected chi connectivity index (χ0v) is 12.0. The molecule has 0 aliphatic carbocycles. The zero-order valence-electron chi connectivity index (χ0n) is 11.2. The molecule has 2 rings (SSSR count). The van der Waals surface area contributed by atoms with Crippen LogP contribution >= 0.6 is 0 Å². The van der Waals surface area contributed by atoms with Gasteiger partial charge >= 0.3 is 0 Å². The lowest BCUT2D eigenvalue weighted by Gasteiger charge is -2.05. The number of benzene rings is 2. The zero-order chi connectivity index (χ0) is 14.6. The van der Waals surface area contributed by atoms with Gasteiger partial charge in [-0.1, -0.05) is 42.0 Å². The Morgan fingerprint density at radius 2 is 1.65 bits per heavy atom. The molecule has 0 heterocycles. The molecule has 0 bridgehead atoms. The Labute approximate surface area is 119 Å². The number of nitrogens with zero attached hydrogens (tertiary/aromatic N) is 1.